The van der Waals surface area contributed by atoms with Crippen molar-refractivity contribution in [3.63, 3.8) is 0 Å². The van der Waals surface area contributed by atoms with Crippen LogP contribution in [0.15, 0.2) is 29.3 Å². The summed E-state index contributed by atoms with van der Waals surface area (Å²) in [5.41, 5.74) is 1.05. The number of halogens is 1. The quantitative estimate of drug-likeness (QED) is 0.593. The summed E-state index contributed by atoms with van der Waals surface area (Å²) in [6.45, 7) is 9.34. The first-order valence-electron chi connectivity index (χ1n) is 9.84. The van der Waals surface area contributed by atoms with Gasteiger partial charge in [0.05, 0.1) is 19.8 Å². The monoisotopic (exact) mass is 394 g/mol. The van der Waals surface area contributed by atoms with Crippen molar-refractivity contribution in [1.29, 1.82) is 0 Å². The molecule has 0 saturated carbocycles. The third-order valence-electron chi connectivity index (χ3n) is 5.27. The molecule has 0 spiro atoms. The molecule has 7 heteroatoms. The van der Waals surface area contributed by atoms with Crippen LogP contribution in [0.5, 0.6) is 0 Å². The van der Waals surface area contributed by atoms with Gasteiger partial charge in [-0.25, -0.2) is 0 Å². The Labute approximate surface area is 167 Å². The molecule has 2 heterocycles. The van der Waals surface area contributed by atoms with Crippen LogP contribution >= 0.6 is 11.6 Å². The highest BCUT2D eigenvalue weighted by Gasteiger charge is 2.30. The Kier molecular flexibility index (Phi) is 7.76. The first kappa shape index (κ1) is 20.4. The van der Waals surface area contributed by atoms with Crippen molar-refractivity contribution < 1.29 is 9.47 Å². The van der Waals surface area contributed by atoms with Crippen molar-refractivity contribution in [3.05, 3.63) is 34.9 Å². The minimum atomic E-state index is -0.102. The van der Waals surface area contributed by atoms with Gasteiger partial charge < -0.3 is 19.7 Å². The Morgan fingerprint density at radius 1 is 1.37 bits per heavy atom. The molecule has 0 amide bonds. The molecular formula is C20H31ClN4O2. The second kappa shape index (κ2) is 10.3. The predicted molar refractivity (Wildman–Crippen MR) is 110 cm³/mol. The molecule has 1 aromatic rings. The van der Waals surface area contributed by atoms with Gasteiger partial charge in [0, 0.05) is 50.9 Å². The number of guanidine groups is 1. The van der Waals surface area contributed by atoms with Crippen molar-refractivity contribution in [2.45, 2.75) is 25.5 Å². The molecule has 6 nitrogen and oxygen atoms in total. The van der Waals surface area contributed by atoms with E-state index in [1.54, 1.807) is 7.11 Å². The van der Waals surface area contributed by atoms with Crippen molar-refractivity contribution in [2.24, 2.45) is 4.99 Å². The van der Waals surface area contributed by atoms with Gasteiger partial charge >= 0.3 is 0 Å². The molecule has 0 aliphatic carbocycles. The second-order valence-corrected chi connectivity index (χ2v) is 7.45. The lowest BCUT2D eigenvalue weighted by atomic mass is 10.1. The fourth-order valence-electron chi connectivity index (χ4n) is 3.79. The molecule has 0 bridgehead atoms. The fourth-order valence-corrected chi connectivity index (χ4v) is 3.99. The van der Waals surface area contributed by atoms with Gasteiger partial charge in [0.15, 0.2) is 5.96 Å². The Morgan fingerprint density at radius 2 is 2.19 bits per heavy atom. The summed E-state index contributed by atoms with van der Waals surface area (Å²) >= 11 is 6.13. The van der Waals surface area contributed by atoms with Gasteiger partial charge in [0.1, 0.15) is 6.10 Å². The van der Waals surface area contributed by atoms with Crippen LogP contribution in [-0.2, 0) is 9.47 Å². The maximum absolute atomic E-state index is 6.13. The standard InChI is InChI=1S/C20H31ClN4O2/c1-3-22-20(23-14-19(26-2)16-5-4-6-17(21)13-16)25-8-7-18(15-25)24-9-11-27-12-10-24/h4-6,13,18-19H,3,7-12,14-15H2,1-2H3,(H,22,23). The number of nitrogens with one attached hydrogen (secondary N) is 1. The van der Waals surface area contributed by atoms with Crippen LogP contribution in [0.1, 0.15) is 25.0 Å². The lowest BCUT2D eigenvalue weighted by Crippen LogP contribution is -2.46. The van der Waals surface area contributed by atoms with Gasteiger partial charge in [0.25, 0.3) is 0 Å². The molecule has 2 unspecified atom stereocenters. The highest BCUT2D eigenvalue weighted by atomic mass is 35.5. The van der Waals surface area contributed by atoms with E-state index < -0.39 is 0 Å². The highest BCUT2D eigenvalue weighted by Crippen LogP contribution is 2.21. The summed E-state index contributed by atoms with van der Waals surface area (Å²) in [7, 11) is 1.72. The zero-order chi connectivity index (χ0) is 19.1. The number of morpholine rings is 1. The number of aliphatic imine (C=N–C) groups is 1. The molecule has 2 atom stereocenters. The zero-order valence-corrected chi connectivity index (χ0v) is 17.1. The Morgan fingerprint density at radius 3 is 2.89 bits per heavy atom. The lowest BCUT2D eigenvalue weighted by molar-refractivity contribution is 0.0194. The van der Waals surface area contributed by atoms with Gasteiger partial charge in [-0.1, -0.05) is 23.7 Å². The summed E-state index contributed by atoms with van der Waals surface area (Å²) in [4.78, 5) is 9.79. The average Bonchev–Trinajstić information content (AvgIpc) is 3.18. The minimum absolute atomic E-state index is 0.102. The van der Waals surface area contributed by atoms with Crippen LogP contribution in [0.25, 0.3) is 0 Å². The molecule has 2 fully saturated rings. The molecule has 3 rings (SSSR count). The number of nitrogens with zero attached hydrogens (tertiary/aromatic N) is 3. The van der Waals surface area contributed by atoms with Gasteiger partial charge in [-0.2, -0.15) is 0 Å². The number of hydrogen-bond donors (Lipinski definition) is 1. The van der Waals surface area contributed by atoms with E-state index in [0.29, 0.717) is 12.6 Å². The summed E-state index contributed by atoms with van der Waals surface area (Å²) < 4.78 is 11.1. The van der Waals surface area contributed by atoms with Crippen molar-refractivity contribution >= 4 is 17.6 Å². The molecule has 2 aliphatic heterocycles. The van der Waals surface area contributed by atoms with Crippen LogP contribution in [-0.4, -0.2) is 81.4 Å². The van der Waals surface area contributed by atoms with E-state index in [1.165, 1.54) is 6.42 Å². The SMILES string of the molecule is CCNC(=NCC(OC)c1cccc(Cl)c1)N1CCC(N2CCOCC2)C1. The number of benzene rings is 1. The van der Waals surface area contributed by atoms with E-state index in [0.717, 1.165) is 62.5 Å². The lowest BCUT2D eigenvalue weighted by Gasteiger charge is -2.32. The summed E-state index contributed by atoms with van der Waals surface area (Å²) in [6.07, 6.45) is 1.07. The number of ether oxygens (including phenoxy) is 2. The summed E-state index contributed by atoms with van der Waals surface area (Å²) in [5.74, 6) is 0.970. The van der Waals surface area contributed by atoms with Gasteiger partial charge in [-0.3, -0.25) is 9.89 Å². The molecule has 1 N–H and O–H groups in total. The highest BCUT2D eigenvalue weighted by molar-refractivity contribution is 6.30. The summed E-state index contributed by atoms with van der Waals surface area (Å²) in [6, 6.07) is 8.39. The van der Waals surface area contributed by atoms with E-state index in [1.807, 2.05) is 24.3 Å². The van der Waals surface area contributed by atoms with Crippen LogP contribution in [0, 0.1) is 0 Å². The molecular weight excluding hydrogens is 364 g/mol. The first-order valence-corrected chi connectivity index (χ1v) is 10.2. The zero-order valence-electron chi connectivity index (χ0n) is 16.4. The van der Waals surface area contributed by atoms with E-state index in [9.17, 15) is 0 Å². The van der Waals surface area contributed by atoms with Crippen molar-refractivity contribution in [1.82, 2.24) is 15.1 Å². The summed E-state index contributed by atoms with van der Waals surface area (Å²) in [5, 5.41) is 4.16. The third-order valence-corrected chi connectivity index (χ3v) is 5.51. The Bertz CT molecular complexity index is 622. The Balaban J connectivity index is 1.63. The van der Waals surface area contributed by atoms with Crippen LogP contribution in [0.4, 0.5) is 0 Å². The number of likely N-dealkylation sites (tertiary alicyclic amines) is 1. The van der Waals surface area contributed by atoms with Crippen LogP contribution in [0.3, 0.4) is 0 Å². The predicted octanol–water partition coefficient (Wildman–Crippen LogP) is 2.40. The largest absolute Gasteiger partial charge is 0.379 e. The van der Waals surface area contributed by atoms with Gasteiger partial charge in [-0.05, 0) is 31.0 Å². The average molecular weight is 395 g/mol. The minimum Gasteiger partial charge on any atom is -0.379 e. The number of hydrogen-bond acceptors (Lipinski definition) is 4. The number of methoxy groups -OCH3 is 1. The van der Waals surface area contributed by atoms with E-state index in [-0.39, 0.29) is 6.10 Å². The van der Waals surface area contributed by atoms with Gasteiger partial charge in [-0.15, -0.1) is 0 Å². The molecule has 0 aromatic heterocycles. The fraction of sp³-hybridized carbons (Fsp3) is 0.650. The molecule has 0 radical (unpaired) electrons. The van der Waals surface area contributed by atoms with Crippen LogP contribution in [0.2, 0.25) is 5.02 Å². The van der Waals surface area contributed by atoms with Gasteiger partial charge in [0.2, 0.25) is 0 Å². The first-order chi connectivity index (χ1) is 13.2. The molecule has 2 aliphatic rings. The van der Waals surface area contributed by atoms with E-state index in [4.69, 9.17) is 26.1 Å². The second-order valence-electron chi connectivity index (χ2n) is 7.01. The van der Waals surface area contributed by atoms with Crippen molar-refractivity contribution in [3.8, 4) is 0 Å². The smallest absolute Gasteiger partial charge is 0.194 e. The molecule has 27 heavy (non-hydrogen) atoms. The van der Waals surface area contributed by atoms with E-state index in [2.05, 4.69) is 22.0 Å². The molecule has 150 valence electrons. The van der Waals surface area contributed by atoms with Crippen LogP contribution < -0.4 is 5.32 Å². The molecule has 1 aromatic carbocycles. The van der Waals surface area contributed by atoms with E-state index >= 15 is 0 Å². The molecule has 2 saturated heterocycles. The number of rotatable bonds is 6. The topological polar surface area (TPSA) is 49.3 Å². The maximum Gasteiger partial charge on any atom is 0.194 e. The maximum atomic E-state index is 6.13. The van der Waals surface area contributed by atoms with Crippen molar-refractivity contribution in [2.75, 3.05) is 59.6 Å². The third kappa shape index (κ3) is 5.57. The normalized spacial score (nSPS) is 22.9. The Hall–Kier alpha value is -1.34.